The molecule has 1 atom stereocenters. The van der Waals surface area contributed by atoms with Crippen molar-refractivity contribution in [2.24, 2.45) is 0 Å². The Balaban J connectivity index is 1.89. The van der Waals surface area contributed by atoms with Gasteiger partial charge in [-0.2, -0.15) is 0 Å². The van der Waals surface area contributed by atoms with Crippen molar-refractivity contribution in [3.8, 4) is 0 Å². The molecule has 3 aromatic carbocycles. The number of hydrogen-bond donors (Lipinski definition) is 1. The van der Waals surface area contributed by atoms with Crippen molar-refractivity contribution in [2.45, 2.75) is 13.0 Å². The molecule has 1 N–H and O–H groups in total. The summed E-state index contributed by atoms with van der Waals surface area (Å²) < 4.78 is 0.935. The van der Waals surface area contributed by atoms with Crippen LogP contribution in [0.2, 0.25) is 0 Å². The third-order valence-electron chi connectivity index (χ3n) is 4.79. The summed E-state index contributed by atoms with van der Waals surface area (Å²) in [5.74, 6) is -0.586. The Morgan fingerprint density at radius 1 is 0.889 bits per heavy atom. The van der Waals surface area contributed by atoms with Gasteiger partial charge in [-0.05, 0) is 42.3 Å². The van der Waals surface area contributed by atoms with Crippen molar-refractivity contribution in [3.05, 3.63) is 106 Å². The van der Waals surface area contributed by atoms with Crippen LogP contribution in [-0.4, -0.2) is 11.0 Å². The van der Waals surface area contributed by atoms with E-state index in [1.54, 1.807) is 4.90 Å². The van der Waals surface area contributed by atoms with E-state index in [1.807, 2.05) is 85.8 Å². The molecule has 4 rings (SSSR count). The lowest BCUT2D eigenvalue weighted by Crippen LogP contribution is -2.30. The second-order valence-electron chi connectivity index (χ2n) is 6.59. The van der Waals surface area contributed by atoms with Gasteiger partial charge in [0, 0.05) is 15.7 Å². The molecular weight excluding hydrogens is 402 g/mol. The number of anilines is 1. The van der Waals surface area contributed by atoms with Gasteiger partial charge in [0.1, 0.15) is 0 Å². The highest BCUT2D eigenvalue weighted by molar-refractivity contribution is 9.10. The number of halogens is 1. The van der Waals surface area contributed by atoms with Crippen LogP contribution in [0.15, 0.2) is 89.1 Å². The molecule has 0 saturated heterocycles. The number of aryl methyl sites for hydroxylation is 1. The van der Waals surface area contributed by atoms with Gasteiger partial charge in [-0.3, -0.25) is 9.69 Å². The van der Waals surface area contributed by atoms with Crippen LogP contribution in [-0.2, 0) is 4.79 Å². The zero-order valence-electron chi connectivity index (χ0n) is 14.8. The van der Waals surface area contributed by atoms with E-state index in [4.69, 9.17) is 0 Å². The number of amides is 1. The van der Waals surface area contributed by atoms with E-state index >= 15 is 0 Å². The molecule has 4 heteroatoms. The Morgan fingerprint density at radius 2 is 1.52 bits per heavy atom. The number of hydrogen-bond acceptors (Lipinski definition) is 2. The summed E-state index contributed by atoms with van der Waals surface area (Å²) in [7, 11) is 0. The highest BCUT2D eigenvalue weighted by atomic mass is 79.9. The second-order valence-corrected chi connectivity index (χ2v) is 7.51. The molecule has 1 amide bonds. The first kappa shape index (κ1) is 17.6. The fourth-order valence-corrected chi connectivity index (χ4v) is 3.72. The van der Waals surface area contributed by atoms with Gasteiger partial charge in [-0.15, -0.1) is 0 Å². The maximum Gasteiger partial charge on any atom is 0.294 e. The Morgan fingerprint density at radius 3 is 2.15 bits per heavy atom. The molecule has 1 heterocycles. The average molecular weight is 420 g/mol. The fraction of sp³-hybridized carbons (Fsp3) is 0.0870. The monoisotopic (exact) mass is 419 g/mol. The predicted molar refractivity (Wildman–Crippen MR) is 112 cm³/mol. The summed E-state index contributed by atoms with van der Waals surface area (Å²) in [6.45, 7) is 2.01. The number of aliphatic hydroxyl groups excluding tert-OH is 1. The van der Waals surface area contributed by atoms with Gasteiger partial charge in [0.25, 0.3) is 5.91 Å². The Kier molecular flexibility index (Phi) is 4.58. The largest absolute Gasteiger partial charge is 0.503 e. The van der Waals surface area contributed by atoms with Crippen LogP contribution in [0.25, 0.3) is 5.57 Å². The lowest BCUT2D eigenvalue weighted by molar-refractivity contribution is -0.117. The van der Waals surface area contributed by atoms with Crippen LogP contribution in [0.1, 0.15) is 22.7 Å². The Labute approximate surface area is 166 Å². The predicted octanol–water partition coefficient (Wildman–Crippen LogP) is 5.81. The normalized spacial score (nSPS) is 16.9. The van der Waals surface area contributed by atoms with Crippen LogP contribution in [0.4, 0.5) is 5.69 Å². The molecule has 0 saturated carbocycles. The van der Waals surface area contributed by atoms with Crippen LogP contribution >= 0.6 is 15.9 Å². The third kappa shape index (κ3) is 3.17. The van der Waals surface area contributed by atoms with Crippen molar-refractivity contribution in [3.63, 3.8) is 0 Å². The van der Waals surface area contributed by atoms with Crippen molar-refractivity contribution in [2.75, 3.05) is 4.90 Å². The van der Waals surface area contributed by atoms with Crippen LogP contribution in [0.3, 0.4) is 0 Å². The van der Waals surface area contributed by atoms with Crippen molar-refractivity contribution < 1.29 is 9.90 Å². The van der Waals surface area contributed by atoms with Crippen molar-refractivity contribution in [1.82, 2.24) is 0 Å². The molecule has 1 unspecified atom stereocenters. The summed E-state index contributed by atoms with van der Waals surface area (Å²) >= 11 is 3.43. The van der Waals surface area contributed by atoms with E-state index in [9.17, 15) is 9.90 Å². The maximum atomic E-state index is 13.0. The summed E-state index contributed by atoms with van der Waals surface area (Å²) in [6, 6.07) is 24.8. The minimum atomic E-state index is -0.387. The van der Waals surface area contributed by atoms with E-state index in [2.05, 4.69) is 15.9 Å². The van der Waals surface area contributed by atoms with Crippen LogP contribution in [0, 0.1) is 6.92 Å². The van der Waals surface area contributed by atoms with E-state index in [-0.39, 0.29) is 17.7 Å². The molecular formula is C23H18BrNO2. The molecule has 0 aromatic heterocycles. The molecule has 0 fully saturated rings. The van der Waals surface area contributed by atoms with Crippen molar-refractivity contribution in [1.29, 1.82) is 0 Å². The van der Waals surface area contributed by atoms with Crippen molar-refractivity contribution >= 4 is 33.1 Å². The molecule has 1 aliphatic rings. The third-order valence-corrected chi connectivity index (χ3v) is 5.32. The maximum absolute atomic E-state index is 13.0. The number of rotatable bonds is 3. The zero-order chi connectivity index (χ0) is 19.0. The summed E-state index contributed by atoms with van der Waals surface area (Å²) in [5, 5.41) is 10.8. The quantitative estimate of drug-likeness (QED) is 0.581. The molecule has 3 aromatic rings. The lowest BCUT2D eigenvalue weighted by atomic mass is 9.93. The van der Waals surface area contributed by atoms with Gasteiger partial charge in [0.15, 0.2) is 5.76 Å². The molecule has 0 radical (unpaired) electrons. The first-order chi connectivity index (χ1) is 13.1. The zero-order valence-corrected chi connectivity index (χ0v) is 16.3. The summed E-state index contributed by atoms with van der Waals surface area (Å²) in [6.07, 6.45) is 0. The molecule has 27 heavy (non-hydrogen) atoms. The Bertz CT molecular complexity index is 1010. The number of benzene rings is 3. The van der Waals surface area contributed by atoms with Crippen LogP contribution < -0.4 is 4.90 Å². The second kappa shape index (κ2) is 7.05. The van der Waals surface area contributed by atoms with Gasteiger partial charge in [-0.25, -0.2) is 0 Å². The van der Waals surface area contributed by atoms with Gasteiger partial charge in [0.05, 0.1) is 6.04 Å². The Hall–Kier alpha value is -2.85. The van der Waals surface area contributed by atoms with Gasteiger partial charge >= 0.3 is 0 Å². The van der Waals surface area contributed by atoms with E-state index in [1.165, 1.54) is 0 Å². The topological polar surface area (TPSA) is 40.5 Å². The van der Waals surface area contributed by atoms with Gasteiger partial charge < -0.3 is 5.11 Å². The molecule has 134 valence electrons. The number of carbonyl (C=O) groups excluding carboxylic acids is 1. The highest BCUT2D eigenvalue weighted by Gasteiger charge is 2.41. The fourth-order valence-electron chi connectivity index (χ4n) is 3.45. The molecule has 0 spiro atoms. The average Bonchev–Trinajstić information content (AvgIpc) is 2.95. The minimum Gasteiger partial charge on any atom is -0.503 e. The first-order valence-electron chi connectivity index (χ1n) is 8.70. The van der Waals surface area contributed by atoms with E-state index in [0.29, 0.717) is 5.57 Å². The molecule has 1 aliphatic heterocycles. The summed E-state index contributed by atoms with van der Waals surface area (Å²) in [5.41, 5.74) is 4.30. The standard InChI is InChI=1S/C23H18BrNO2/c1-15-7-9-16(10-8-15)20-21(17-5-3-2-4-6-17)25(23(27)22(20)26)19-13-11-18(24)12-14-19/h2-14,21,26H,1H3. The smallest absolute Gasteiger partial charge is 0.294 e. The summed E-state index contributed by atoms with van der Waals surface area (Å²) in [4.78, 5) is 14.7. The molecule has 0 bridgehead atoms. The lowest BCUT2D eigenvalue weighted by Gasteiger charge is -2.27. The van der Waals surface area contributed by atoms with E-state index in [0.717, 1.165) is 26.9 Å². The first-order valence-corrected chi connectivity index (χ1v) is 9.50. The number of nitrogens with zero attached hydrogens (tertiary/aromatic N) is 1. The molecule has 0 aliphatic carbocycles. The SMILES string of the molecule is Cc1ccc(C2=C(O)C(=O)N(c3ccc(Br)cc3)C2c2ccccc2)cc1. The number of aliphatic hydroxyl groups is 1. The van der Waals surface area contributed by atoms with Gasteiger partial charge in [0.2, 0.25) is 0 Å². The van der Waals surface area contributed by atoms with E-state index < -0.39 is 0 Å². The highest BCUT2D eigenvalue weighted by Crippen LogP contribution is 2.45. The molecule has 3 nitrogen and oxygen atoms in total. The van der Waals surface area contributed by atoms with Gasteiger partial charge in [-0.1, -0.05) is 76.1 Å². The van der Waals surface area contributed by atoms with Crippen LogP contribution in [0.5, 0.6) is 0 Å². The minimum absolute atomic E-state index is 0.198. The number of carbonyl (C=O) groups is 1.